The first kappa shape index (κ1) is 13.1. The summed E-state index contributed by atoms with van der Waals surface area (Å²) in [6.45, 7) is 3.60. The highest BCUT2D eigenvalue weighted by molar-refractivity contribution is 7.93. The number of sulfonamides is 1. The van der Waals surface area contributed by atoms with Crippen LogP contribution < -0.4 is 10.5 Å². The van der Waals surface area contributed by atoms with Crippen molar-refractivity contribution < 1.29 is 12.8 Å². The van der Waals surface area contributed by atoms with Gasteiger partial charge in [0.05, 0.1) is 6.54 Å². The minimum absolute atomic E-state index is 0.0933. The molecule has 8 heteroatoms. The maximum absolute atomic E-state index is 12.1. The number of hydrogen-bond donors (Lipinski definition) is 2. The van der Waals surface area contributed by atoms with Gasteiger partial charge >= 0.3 is 0 Å². The zero-order valence-electron chi connectivity index (χ0n) is 9.93. The molecule has 2 aromatic heterocycles. The molecule has 0 saturated carbocycles. The minimum Gasteiger partial charge on any atom is -0.464 e. The van der Waals surface area contributed by atoms with Crippen LogP contribution in [0.2, 0.25) is 0 Å². The third-order valence-corrected chi connectivity index (χ3v) is 4.66. The number of thiazole rings is 1. The number of aryl methyl sites for hydroxylation is 2. The van der Waals surface area contributed by atoms with Crippen LogP contribution >= 0.6 is 11.3 Å². The van der Waals surface area contributed by atoms with Gasteiger partial charge in [0, 0.05) is 17.1 Å². The maximum atomic E-state index is 12.1. The molecule has 98 valence electrons. The second-order valence-electron chi connectivity index (χ2n) is 3.72. The molecular weight excluding hydrogens is 274 g/mol. The van der Waals surface area contributed by atoms with Gasteiger partial charge in [-0.3, -0.25) is 4.72 Å². The van der Waals surface area contributed by atoms with Crippen molar-refractivity contribution in [3.8, 4) is 0 Å². The van der Waals surface area contributed by atoms with E-state index in [1.165, 1.54) is 17.4 Å². The predicted molar refractivity (Wildman–Crippen MR) is 69.0 cm³/mol. The molecule has 0 aromatic carbocycles. The molecule has 18 heavy (non-hydrogen) atoms. The fourth-order valence-corrected chi connectivity index (χ4v) is 3.57. The van der Waals surface area contributed by atoms with Crippen LogP contribution in [0.3, 0.4) is 0 Å². The predicted octanol–water partition coefficient (Wildman–Crippen LogP) is 1.61. The third kappa shape index (κ3) is 2.55. The van der Waals surface area contributed by atoms with Crippen molar-refractivity contribution in [2.75, 3.05) is 4.72 Å². The summed E-state index contributed by atoms with van der Waals surface area (Å²) < 4.78 is 31.9. The molecule has 0 atom stereocenters. The molecule has 0 amide bonds. The van der Waals surface area contributed by atoms with Gasteiger partial charge in [-0.25, -0.2) is 13.4 Å². The van der Waals surface area contributed by atoms with Crippen LogP contribution in [0.4, 0.5) is 5.13 Å². The van der Waals surface area contributed by atoms with E-state index in [-0.39, 0.29) is 11.4 Å². The lowest BCUT2D eigenvalue weighted by Gasteiger charge is -2.02. The van der Waals surface area contributed by atoms with Crippen molar-refractivity contribution >= 4 is 26.5 Å². The van der Waals surface area contributed by atoms with Crippen LogP contribution in [0.15, 0.2) is 21.6 Å². The van der Waals surface area contributed by atoms with Crippen molar-refractivity contribution in [3.05, 3.63) is 28.7 Å². The maximum Gasteiger partial charge on any atom is 0.267 e. The lowest BCUT2D eigenvalue weighted by atomic mass is 10.4. The molecule has 0 aliphatic heterocycles. The van der Waals surface area contributed by atoms with Crippen molar-refractivity contribution in [3.63, 3.8) is 0 Å². The van der Waals surface area contributed by atoms with E-state index in [1.807, 2.05) is 6.92 Å². The van der Waals surface area contributed by atoms with Gasteiger partial charge < -0.3 is 10.2 Å². The lowest BCUT2D eigenvalue weighted by Crippen LogP contribution is -2.12. The summed E-state index contributed by atoms with van der Waals surface area (Å²) >= 11 is 1.27. The van der Waals surface area contributed by atoms with Gasteiger partial charge in [0.25, 0.3) is 10.0 Å². The number of nitrogens with zero attached hydrogens (tertiary/aromatic N) is 1. The van der Waals surface area contributed by atoms with Gasteiger partial charge in [0.2, 0.25) is 0 Å². The molecular formula is C10H13N3O3S2. The molecule has 6 nitrogen and oxygen atoms in total. The molecule has 0 radical (unpaired) electrons. The van der Waals surface area contributed by atoms with Crippen LogP contribution in [-0.2, 0) is 16.6 Å². The highest BCUT2D eigenvalue weighted by Crippen LogP contribution is 2.24. The quantitative estimate of drug-likeness (QED) is 0.890. The number of nitrogens with two attached hydrogens (primary N) is 1. The van der Waals surface area contributed by atoms with E-state index < -0.39 is 10.0 Å². The number of nitrogens with one attached hydrogen (secondary N) is 1. The second-order valence-corrected chi connectivity index (χ2v) is 6.60. The molecule has 0 saturated heterocycles. The van der Waals surface area contributed by atoms with E-state index in [9.17, 15) is 8.42 Å². The lowest BCUT2D eigenvalue weighted by molar-refractivity contribution is 0.479. The highest BCUT2D eigenvalue weighted by Gasteiger charge is 2.22. The Kier molecular flexibility index (Phi) is 3.42. The largest absolute Gasteiger partial charge is 0.464 e. The molecule has 2 heterocycles. The van der Waals surface area contributed by atoms with Crippen LogP contribution in [0.5, 0.6) is 0 Å². The van der Waals surface area contributed by atoms with Crippen molar-refractivity contribution in [2.24, 2.45) is 5.73 Å². The molecule has 0 fully saturated rings. The van der Waals surface area contributed by atoms with Gasteiger partial charge in [-0.2, -0.15) is 0 Å². The first-order chi connectivity index (χ1) is 8.42. The van der Waals surface area contributed by atoms with Gasteiger partial charge in [0.15, 0.2) is 5.13 Å². The Morgan fingerprint density at radius 1 is 1.50 bits per heavy atom. The van der Waals surface area contributed by atoms with E-state index in [2.05, 4.69) is 9.71 Å². The van der Waals surface area contributed by atoms with Crippen LogP contribution in [-0.4, -0.2) is 13.4 Å². The van der Waals surface area contributed by atoms with Gasteiger partial charge in [-0.1, -0.05) is 0 Å². The Balaban J connectivity index is 2.33. The smallest absolute Gasteiger partial charge is 0.267 e. The minimum atomic E-state index is -3.67. The molecule has 0 aliphatic rings. The number of aromatic nitrogens is 1. The van der Waals surface area contributed by atoms with Crippen LogP contribution in [0.25, 0.3) is 0 Å². The molecule has 2 rings (SSSR count). The number of rotatable bonds is 4. The summed E-state index contributed by atoms with van der Waals surface area (Å²) in [7, 11) is -3.67. The Morgan fingerprint density at radius 3 is 2.72 bits per heavy atom. The van der Waals surface area contributed by atoms with Crippen molar-refractivity contribution in [2.45, 2.75) is 25.3 Å². The Bertz CT molecular complexity index is 658. The van der Waals surface area contributed by atoms with Crippen LogP contribution in [0, 0.1) is 13.8 Å². The standard InChI is InChI=1S/C10H13N3O3S2/c1-6-5-12-10(17-6)13-18(14,15)9-3-8(4-11)16-7(9)2/h3,5H,4,11H2,1-2H3,(H,12,13). The zero-order valence-corrected chi connectivity index (χ0v) is 11.6. The molecule has 0 unspecified atom stereocenters. The van der Waals surface area contributed by atoms with Crippen molar-refractivity contribution in [1.29, 1.82) is 0 Å². The summed E-state index contributed by atoms with van der Waals surface area (Å²) in [5.41, 5.74) is 5.41. The number of furan rings is 1. The number of hydrogen-bond acceptors (Lipinski definition) is 6. The summed E-state index contributed by atoms with van der Waals surface area (Å²) in [6.07, 6.45) is 1.61. The molecule has 3 N–H and O–H groups in total. The molecule has 0 aliphatic carbocycles. The van der Waals surface area contributed by atoms with E-state index >= 15 is 0 Å². The van der Waals surface area contributed by atoms with Gasteiger partial charge in [0.1, 0.15) is 16.4 Å². The van der Waals surface area contributed by atoms with Crippen LogP contribution in [0.1, 0.15) is 16.4 Å². The first-order valence-electron chi connectivity index (χ1n) is 5.17. The molecule has 0 spiro atoms. The van der Waals surface area contributed by atoms with Crippen molar-refractivity contribution in [1.82, 2.24) is 4.98 Å². The summed E-state index contributed by atoms with van der Waals surface area (Å²) in [5, 5.41) is 0.336. The number of anilines is 1. The monoisotopic (exact) mass is 287 g/mol. The fraction of sp³-hybridized carbons (Fsp3) is 0.300. The normalized spacial score (nSPS) is 11.7. The third-order valence-electron chi connectivity index (χ3n) is 2.26. The fourth-order valence-electron chi connectivity index (χ4n) is 1.46. The topological polar surface area (TPSA) is 98.2 Å². The molecule has 0 bridgehead atoms. The second kappa shape index (κ2) is 4.71. The van der Waals surface area contributed by atoms with Gasteiger partial charge in [-0.05, 0) is 13.8 Å². The Hall–Kier alpha value is -1.38. The van der Waals surface area contributed by atoms with E-state index in [0.717, 1.165) is 4.88 Å². The highest BCUT2D eigenvalue weighted by atomic mass is 32.2. The average molecular weight is 287 g/mol. The SMILES string of the molecule is Cc1cnc(NS(=O)(=O)c2cc(CN)oc2C)s1. The summed E-state index contributed by atoms with van der Waals surface area (Å²) in [4.78, 5) is 4.98. The first-order valence-corrected chi connectivity index (χ1v) is 7.47. The zero-order chi connectivity index (χ0) is 13.3. The van der Waals surface area contributed by atoms with E-state index in [1.54, 1.807) is 13.1 Å². The molecule has 2 aromatic rings. The Labute approximate surface area is 109 Å². The summed E-state index contributed by atoms with van der Waals surface area (Å²) in [5.74, 6) is 0.749. The van der Waals surface area contributed by atoms with Gasteiger partial charge in [-0.15, -0.1) is 11.3 Å². The summed E-state index contributed by atoms with van der Waals surface area (Å²) in [6, 6.07) is 1.43. The average Bonchev–Trinajstić information content (AvgIpc) is 2.84. The van der Waals surface area contributed by atoms with E-state index in [0.29, 0.717) is 16.7 Å². The van der Waals surface area contributed by atoms with E-state index in [4.69, 9.17) is 10.2 Å². The Morgan fingerprint density at radius 2 is 2.22 bits per heavy atom.